The number of benzene rings is 1. The molecule has 0 radical (unpaired) electrons. The van der Waals surface area contributed by atoms with Gasteiger partial charge in [-0.3, -0.25) is 4.79 Å². The second kappa shape index (κ2) is 5.55. The summed E-state index contributed by atoms with van der Waals surface area (Å²) in [6, 6.07) is 11.3. The molecule has 0 saturated carbocycles. The van der Waals surface area contributed by atoms with Crippen LogP contribution in [-0.4, -0.2) is 11.1 Å². The molecule has 1 aromatic heterocycles. The maximum atomic E-state index is 11.4. The van der Waals surface area contributed by atoms with E-state index in [0.717, 1.165) is 16.0 Å². The zero-order chi connectivity index (χ0) is 13.1. The van der Waals surface area contributed by atoms with Crippen molar-refractivity contribution in [1.82, 2.24) is 0 Å². The molecule has 1 N–H and O–H groups in total. The summed E-state index contributed by atoms with van der Waals surface area (Å²) >= 11 is 7.30. The average Bonchev–Trinajstić information content (AvgIpc) is 2.71. The lowest BCUT2D eigenvalue weighted by molar-refractivity contribution is -0.138. The molecule has 0 spiro atoms. The first kappa shape index (κ1) is 13.1. The molecule has 0 bridgehead atoms. The molecular formula is C14H13ClO2S. The lowest BCUT2D eigenvalue weighted by atomic mass is 9.94. The highest BCUT2D eigenvalue weighted by Gasteiger charge is 2.21. The van der Waals surface area contributed by atoms with Crippen LogP contribution < -0.4 is 0 Å². The van der Waals surface area contributed by atoms with Crippen molar-refractivity contribution in [3.05, 3.63) is 56.7 Å². The highest BCUT2D eigenvalue weighted by atomic mass is 35.5. The van der Waals surface area contributed by atoms with Crippen molar-refractivity contribution in [1.29, 1.82) is 0 Å². The lowest BCUT2D eigenvalue weighted by Crippen LogP contribution is -2.14. The molecule has 0 aliphatic rings. The van der Waals surface area contributed by atoms with Crippen molar-refractivity contribution in [2.45, 2.75) is 19.3 Å². The maximum absolute atomic E-state index is 11.4. The number of thiophene rings is 1. The molecule has 2 rings (SSSR count). The number of hydrogen-bond acceptors (Lipinski definition) is 2. The number of halogens is 1. The third kappa shape index (κ3) is 3.12. The van der Waals surface area contributed by atoms with Crippen molar-refractivity contribution in [3.8, 4) is 0 Å². The minimum atomic E-state index is -0.801. The van der Waals surface area contributed by atoms with Gasteiger partial charge in [0, 0.05) is 4.88 Å². The van der Waals surface area contributed by atoms with E-state index in [0.29, 0.717) is 10.8 Å². The summed E-state index contributed by atoms with van der Waals surface area (Å²) in [5, 5.41) is 9.36. The average molecular weight is 281 g/mol. The van der Waals surface area contributed by atoms with E-state index in [9.17, 15) is 9.90 Å². The number of carboxylic acids is 1. The monoisotopic (exact) mass is 280 g/mol. The van der Waals surface area contributed by atoms with Crippen LogP contribution in [0.4, 0.5) is 0 Å². The minimum Gasteiger partial charge on any atom is -0.481 e. The summed E-state index contributed by atoms with van der Waals surface area (Å²) in [5.41, 5.74) is 1.91. The topological polar surface area (TPSA) is 37.3 Å². The third-order valence-corrected chi connectivity index (χ3v) is 4.03. The predicted molar refractivity (Wildman–Crippen MR) is 74.6 cm³/mol. The molecule has 0 amide bonds. The Bertz CT molecular complexity index is 562. The molecule has 4 heteroatoms. The predicted octanol–water partition coefficient (Wildman–Crippen LogP) is 4.12. The van der Waals surface area contributed by atoms with Crippen LogP contribution in [0, 0.1) is 6.92 Å². The molecule has 0 aliphatic heterocycles. The van der Waals surface area contributed by atoms with Crippen LogP contribution in [0.25, 0.3) is 0 Å². The van der Waals surface area contributed by atoms with Gasteiger partial charge in [0.2, 0.25) is 0 Å². The fraction of sp³-hybridized carbons (Fsp3) is 0.214. The van der Waals surface area contributed by atoms with Gasteiger partial charge in [-0.05, 0) is 31.0 Å². The molecule has 0 saturated heterocycles. The quantitative estimate of drug-likeness (QED) is 0.915. The fourth-order valence-corrected chi connectivity index (χ4v) is 3.03. The molecule has 18 heavy (non-hydrogen) atoms. The van der Waals surface area contributed by atoms with Gasteiger partial charge in [0.15, 0.2) is 0 Å². The van der Waals surface area contributed by atoms with Gasteiger partial charge < -0.3 is 5.11 Å². The Balaban J connectivity index is 2.26. The highest BCUT2D eigenvalue weighted by Crippen LogP contribution is 2.28. The van der Waals surface area contributed by atoms with E-state index in [1.54, 1.807) is 6.07 Å². The summed E-state index contributed by atoms with van der Waals surface area (Å²) in [4.78, 5) is 12.4. The van der Waals surface area contributed by atoms with Crippen LogP contribution in [-0.2, 0) is 11.2 Å². The zero-order valence-corrected chi connectivity index (χ0v) is 11.5. The van der Waals surface area contributed by atoms with Crippen molar-refractivity contribution in [2.75, 3.05) is 0 Å². The van der Waals surface area contributed by atoms with E-state index in [2.05, 4.69) is 0 Å². The fourth-order valence-electron chi connectivity index (χ4n) is 1.90. The van der Waals surface area contributed by atoms with E-state index >= 15 is 0 Å². The Morgan fingerprint density at radius 1 is 1.39 bits per heavy atom. The normalized spacial score (nSPS) is 12.3. The van der Waals surface area contributed by atoms with E-state index in [1.165, 1.54) is 11.3 Å². The van der Waals surface area contributed by atoms with Crippen molar-refractivity contribution in [2.24, 2.45) is 0 Å². The van der Waals surface area contributed by atoms with Gasteiger partial charge in [0.25, 0.3) is 0 Å². The molecule has 0 aliphatic carbocycles. The molecule has 2 nitrogen and oxygen atoms in total. The lowest BCUT2D eigenvalue weighted by Gasteiger charge is -2.12. The molecule has 1 heterocycles. The van der Waals surface area contributed by atoms with E-state index < -0.39 is 11.9 Å². The Labute approximate surface area is 115 Å². The molecule has 1 unspecified atom stereocenters. The summed E-state index contributed by atoms with van der Waals surface area (Å²) in [6.07, 6.45) is 0.482. The first-order valence-corrected chi connectivity index (χ1v) is 6.79. The maximum Gasteiger partial charge on any atom is 0.311 e. The van der Waals surface area contributed by atoms with Crippen LogP contribution in [0.3, 0.4) is 0 Å². The highest BCUT2D eigenvalue weighted by molar-refractivity contribution is 7.16. The molecule has 1 atom stereocenters. The SMILES string of the molecule is Cc1cccc(C(Cc2ccc(Cl)s2)C(=O)O)c1. The van der Waals surface area contributed by atoms with E-state index in [1.807, 2.05) is 37.3 Å². The minimum absolute atomic E-state index is 0.482. The summed E-state index contributed by atoms with van der Waals surface area (Å²) in [7, 11) is 0. The largest absolute Gasteiger partial charge is 0.481 e. The number of carbonyl (C=O) groups is 1. The van der Waals surface area contributed by atoms with Crippen LogP contribution in [0.15, 0.2) is 36.4 Å². The van der Waals surface area contributed by atoms with Gasteiger partial charge in [-0.15, -0.1) is 11.3 Å². The van der Waals surface area contributed by atoms with Crippen molar-refractivity contribution < 1.29 is 9.90 Å². The van der Waals surface area contributed by atoms with Gasteiger partial charge in [0.1, 0.15) is 0 Å². The van der Waals surface area contributed by atoms with Crippen LogP contribution in [0.1, 0.15) is 21.9 Å². The van der Waals surface area contributed by atoms with E-state index in [4.69, 9.17) is 11.6 Å². The smallest absolute Gasteiger partial charge is 0.311 e. The Kier molecular flexibility index (Phi) is 4.04. The summed E-state index contributed by atoms with van der Waals surface area (Å²) in [6.45, 7) is 1.96. The number of aliphatic carboxylic acids is 1. The standard InChI is InChI=1S/C14H13ClO2S/c1-9-3-2-4-10(7-9)12(14(16)17)8-11-5-6-13(15)18-11/h2-7,12H,8H2,1H3,(H,16,17). The Morgan fingerprint density at radius 3 is 2.72 bits per heavy atom. The third-order valence-electron chi connectivity index (χ3n) is 2.78. The van der Waals surface area contributed by atoms with Gasteiger partial charge in [-0.2, -0.15) is 0 Å². The molecular weight excluding hydrogens is 268 g/mol. The summed E-state index contributed by atoms with van der Waals surface area (Å²) < 4.78 is 0.693. The van der Waals surface area contributed by atoms with Gasteiger partial charge in [-0.25, -0.2) is 0 Å². The Hall–Kier alpha value is -1.32. The van der Waals surface area contributed by atoms with Crippen LogP contribution >= 0.6 is 22.9 Å². The van der Waals surface area contributed by atoms with Gasteiger partial charge in [0.05, 0.1) is 10.3 Å². The first-order valence-electron chi connectivity index (χ1n) is 5.60. The number of aryl methyl sites for hydroxylation is 1. The van der Waals surface area contributed by atoms with Crippen LogP contribution in [0.2, 0.25) is 4.34 Å². The first-order chi connectivity index (χ1) is 8.56. The summed E-state index contributed by atoms with van der Waals surface area (Å²) in [5.74, 6) is -1.32. The second-order valence-corrected chi connectivity index (χ2v) is 6.01. The zero-order valence-electron chi connectivity index (χ0n) is 9.89. The molecule has 94 valence electrons. The molecule has 0 fully saturated rings. The molecule has 2 aromatic rings. The van der Waals surface area contributed by atoms with Gasteiger partial charge in [-0.1, -0.05) is 41.4 Å². The number of rotatable bonds is 4. The number of carboxylic acid groups (broad SMARTS) is 1. The second-order valence-electron chi connectivity index (χ2n) is 4.21. The van der Waals surface area contributed by atoms with Crippen molar-refractivity contribution in [3.63, 3.8) is 0 Å². The van der Waals surface area contributed by atoms with Crippen LogP contribution in [0.5, 0.6) is 0 Å². The van der Waals surface area contributed by atoms with Crippen molar-refractivity contribution >= 4 is 28.9 Å². The molecule has 1 aromatic carbocycles. The number of hydrogen-bond donors (Lipinski definition) is 1. The van der Waals surface area contributed by atoms with E-state index in [-0.39, 0.29) is 0 Å². The van der Waals surface area contributed by atoms with Gasteiger partial charge >= 0.3 is 5.97 Å². The Morgan fingerprint density at radius 2 is 2.17 bits per heavy atom.